The summed E-state index contributed by atoms with van der Waals surface area (Å²) in [6, 6.07) is 17.3. The summed E-state index contributed by atoms with van der Waals surface area (Å²) in [6.07, 6.45) is 5.59. The minimum absolute atomic E-state index is 0.761. The van der Waals surface area contributed by atoms with E-state index in [1.807, 2.05) is 17.8 Å². The first-order valence-electron chi connectivity index (χ1n) is 9.58. The molecule has 0 aromatic heterocycles. The molecule has 2 aromatic carbocycles. The summed E-state index contributed by atoms with van der Waals surface area (Å²) >= 11 is 1.84. The molecule has 2 aromatic rings. The second-order valence-corrected chi connectivity index (χ2v) is 8.78. The average molecular weight is 359 g/mol. The molecule has 5 rings (SSSR count). The molecule has 2 aliphatic heterocycles. The van der Waals surface area contributed by atoms with E-state index in [0.717, 1.165) is 24.6 Å². The van der Waals surface area contributed by atoms with Crippen molar-refractivity contribution < 1.29 is 0 Å². The molecule has 3 heteroatoms. The fraction of sp³-hybridized carbons (Fsp3) is 0.348. The van der Waals surface area contributed by atoms with Gasteiger partial charge in [0.2, 0.25) is 0 Å². The molecule has 0 spiro atoms. The quantitative estimate of drug-likeness (QED) is 0.715. The second kappa shape index (κ2) is 6.61. The van der Waals surface area contributed by atoms with Gasteiger partial charge in [-0.05, 0) is 65.3 Å². The van der Waals surface area contributed by atoms with Crippen molar-refractivity contribution in [1.82, 2.24) is 4.90 Å². The number of hydrogen-bond acceptors (Lipinski definition) is 3. The maximum absolute atomic E-state index is 9.38. The summed E-state index contributed by atoms with van der Waals surface area (Å²) in [5.41, 5.74) is 6.33. The predicted molar refractivity (Wildman–Crippen MR) is 107 cm³/mol. The van der Waals surface area contributed by atoms with Crippen molar-refractivity contribution in [2.75, 3.05) is 19.6 Å². The molecule has 1 fully saturated rings. The van der Waals surface area contributed by atoms with E-state index in [1.54, 1.807) is 0 Å². The summed E-state index contributed by atoms with van der Waals surface area (Å²) in [7, 11) is 0. The molecule has 2 nitrogen and oxygen atoms in total. The van der Waals surface area contributed by atoms with Gasteiger partial charge in [0, 0.05) is 29.4 Å². The zero-order chi connectivity index (χ0) is 17.5. The normalized spacial score (nSPS) is 19.7. The molecule has 0 bridgehead atoms. The Morgan fingerprint density at radius 1 is 0.962 bits per heavy atom. The van der Waals surface area contributed by atoms with Crippen molar-refractivity contribution in [1.29, 1.82) is 5.26 Å². The summed E-state index contributed by atoms with van der Waals surface area (Å²) in [5.74, 6) is 0.869. The number of nitrogens with zero attached hydrogens (tertiary/aromatic N) is 2. The van der Waals surface area contributed by atoms with Crippen LogP contribution >= 0.6 is 11.8 Å². The zero-order valence-corrected chi connectivity index (χ0v) is 15.7. The largest absolute Gasteiger partial charge is 0.294 e. The van der Waals surface area contributed by atoms with Crippen molar-refractivity contribution in [2.45, 2.75) is 35.5 Å². The van der Waals surface area contributed by atoms with E-state index >= 15 is 0 Å². The Balaban J connectivity index is 1.57. The smallest absolute Gasteiger partial charge is 0.0991 e. The van der Waals surface area contributed by atoms with Gasteiger partial charge in [-0.25, -0.2) is 0 Å². The Hall–Kier alpha value is -2.02. The molecule has 0 amide bonds. The number of fused-ring (bicyclic) bond motifs is 4. The zero-order valence-electron chi connectivity index (χ0n) is 14.9. The monoisotopic (exact) mass is 358 g/mol. The van der Waals surface area contributed by atoms with Crippen molar-refractivity contribution >= 4 is 22.9 Å². The van der Waals surface area contributed by atoms with Gasteiger partial charge in [-0.15, -0.1) is 0 Å². The van der Waals surface area contributed by atoms with Crippen molar-refractivity contribution in [3.05, 3.63) is 59.2 Å². The highest BCUT2D eigenvalue weighted by molar-refractivity contribution is 7.99. The molecule has 0 saturated heterocycles. The van der Waals surface area contributed by atoms with Crippen LogP contribution in [-0.2, 0) is 0 Å². The molecule has 3 aliphatic rings. The standard InChI is InChI=1S/C23H22N2S/c24-12-17-9-10-23-19(11-17)21-15-25(13-16-5-1-2-6-16)14-20(21)18-7-3-4-8-22(18)26-23/h3-4,7-11,16H,1-2,5-6,13-15H2. The lowest BCUT2D eigenvalue weighted by atomic mass is 9.96. The minimum Gasteiger partial charge on any atom is -0.294 e. The lowest BCUT2D eigenvalue weighted by molar-refractivity contribution is 0.294. The van der Waals surface area contributed by atoms with Crippen molar-refractivity contribution in [2.24, 2.45) is 5.92 Å². The van der Waals surface area contributed by atoms with E-state index < -0.39 is 0 Å². The Morgan fingerprint density at radius 2 is 1.69 bits per heavy atom. The van der Waals surface area contributed by atoms with Gasteiger partial charge in [-0.2, -0.15) is 5.26 Å². The summed E-state index contributed by atoms with van der Waals surface area (Å²) < 4.78 is 0. The van der Waals surface area contributed by atoms with Crippen LogP contribution in [0.3, 0.4) is 0 Å². The van der Waals surface area contributed by atoms with Gasteiger partial charge in [-0.3, -0.25) is 4.90 Å². The van der Waals surface area contributed by atoms with E-state index in [1.165, 1.54) is 64.3 Å². The van der Waals surface area contributed by atoms with Gasteiger partial charge in [-0.1, -0.05) is 42.8 Å². The maximum Gasteiger partial charge on any atom is 0.0991 e. The summed E-state index contributed by atoms with van der Waals surface area (Å²) in [6.45, 7) is 3.28. The molecular formula is C23H22N2S. The van der Waals surface area contributed by atoms with Crippen LogP contribution in [0.15, 0.2) is 52.3 Å². The third-order valence-electron chi connectivity index (χ3n) is 5.98. The Morgan fingerprint density at radius 3 is 2.50 bits per heavy atom. The van der Waals surface area contributed by atoms with Gasteiger partial charge < -0.3 is 0 Å². The van der Waals surface area contributed by atoms with Gasteiger partial charge in [0.15, 0.2) is 0 Å². The number of rotatable bonds is 2. The average Bonchev–Trinajstić information content (AvgIpc) is 3.30. The van der Waals surface area contributed by atoms with E-state index in [4.69, 9.17) is 0 Å². The first-order valence-corrected chi connectivity index (χ1v) is 10.4. The highest BCUT2D eigenvalue weighted by atomic mass is 32.2. The van der Waals surface area contributed by atoms with Crippen LogP contribution in [0.25, 0.3) is 11.1 Å². The van der Waals surface area contributed by atoms with Crippen LogP contribution in [-0.4, -0.2) is 24.5 Å². The number of hydrogen-bond donors (Lipinski definition) is 0. The topological polar surface area (TPSA) is 27.0 Å². The SMILES string of the molecule is N#Cc1ccc2c(c1)C1=C(CN(CC3CCCC3)C1)c1ccccc1S2. The van der Waals surface area contributed by atoms with E-state index in [0.29, 0.717) is 0 Å². The Kier molecular flexibility index (Phi) is 4.11. The second-order valence-electron chi connectivity index (χ2n) is 7.70. The summed E-state index contributed by atoms with van der Waals surface area (Å²) in [5, 5.41) is 9.38. The third kappa shape index (κ3) is 2.78. The van der Waals surface area contributed by atoms with Crippen LogP contribution in [0.2, 0.25) is 0 Å². The molecule has 1 aliphatic carbocycles. The fourth-order valence-corrected chi connectivity index (χ4v) is 5.84. The molecular weight excluding hydrogens is 336 g/mol. The van der Waals surface area contributed by atoms with Gasteiger partial charge in [0.1, 0.15) is 0 Å². The van der Waals surface area contributed by atoms with Gasteiger partial charge in [0.05, 0.1) is 11.6 Å². The highest BCUT2D eigenvalue weighted by Gasteiger charge is 2.31. The Bertz CT molecular complexity index is 931. The maximum atomic E-state index is 9.38. The lowest BCUT2D eigenvalue weighted by Crippen LogP contribution is -2.27. The molecule has 0 atom stereocenters. The molecule has 130 valence electrons. The Labute approximate surface area is 159 Å². The molecule has 26 heavy (non-hydrogen) atoms. The molecule has 0 N–H and O–H groups in total. The first kappa shape index (κ1) is 16.2. The molecule has 1 saturated carbocycles. The molecule has 0 unspecified atom stereocenters. The van der Waals surface area contributed by atoms with Crippen LogP contribution in [0.1, 0.15) is 42.4 Å². The van der Waals surface area contributed by atoms with Crippen molar-refractivity contribution in [3.63, 3.8) is 0 Å². The number of benzene rings is 2. The predicted octanol–water partition coefficient (Wildman–Crippen LogP) is 5.44. The fourth-order valence-electron chi connectivity index (χ4n) is 4.72. The lowest BCUT2D eigenvalue weighted by Gasteiger charge is -2.21. The van der Waals surface area contributed by atoms with E-state index in [2.05, 4.69) is 47.4 Å². The number of nitriles is 1. The van der Waals surface area contributed by atoms with Crippen LogP contribution in [0.4, 0.5) is 0 Å². The van der Waals surface area contributed by atoms with Gasteiger partial charge in [0.25, 0.3) is 0 Å². The van der Waals surface area contributed by atoms with Crippen molar-refractivity contribution in [3.8, 4) is 6.07 Å². The van der Waals surface area contributed by atoms with E-state index in [9.17, 15) is 5.26 Å². The van der Waals surface area contributed by atoms with Gasteiger partial charge >= 0.3 is 0 Å². The first-order chi connectivity index (χ1) is 12.8. The van der Waals surface area contributed by atoms with Crippen LogP contribution < -0.4 is 0 Å². The molecule has 0 radical (unpaired) electrons. The minimum atomic E-state index is 0.761. The summed E-state index contributed by atoms with van der Waals surface area (Å²) in [4.78, 5) is 5.26. The molecule has 2 heterocycles. The van der Waals surface area contributed by atoms with Crippen LogP contribution in [0.5, 0.6) is 0 Å². The third-order valence-corrected chi connectivity index (χ3v) is 7.14. The highest BCUT2D eigenvalue weighted by Crippen LogP contribution is 2.47. The van der Waals surface area contributed by atoms with Crippen LogP contribution in [0, 0.1) is 17.2 Å². The van der Waals surface area contributed by atoms with E-state index in [-0.39, 0.29) is 0 Å².